The van der Waals surface area contributed by atoms with Crippen molar-refractivity contribution in [2.24, 2.45) is 10.7 Å². The third-order valence-corrected chi connectivity index (χ3v) is 7.76. The average Bonchev–Trinajstić information content (AvgIpc) is 3.43. The zero-order chi connectivity index (χ0) is 31.1. The number of halogens is 4. The summed E-state index contributed by atoms with van der Waals surface area (Å²) < 4.78 is 59.9. The lowest BCUT2D eigenvalue weighted by atomic mass is 9.90. The van der Waals surface area contributed by atoms with E-state index in [0.717, 1.165) is 35.8 Å². The molecule has 2 N–H and O–H groups in total. The number of primary amides is 1. The Morgan fingerprint density at radius 3 is 2.56 bits per heavy atom. The number of hydrogen-bond donors (Lipinski definition) is 1. The Kier molecular flexibility index (Phi) is 7.67. The number of rotatable bonds is 6. The Morgan fingerprint density at radius 2 is 1.88 bits per heavy atom. The minimum atomic E-state index is -4.80. The summed E-state index contributed by atoms with van der Waals surface area (Å²) in [7, 11) is 0. The predicted octanol–water partition coefficient (Wildman–Crippen LogP) is 4.79. The van der Waals surface area contributed by atoms with Crippen molar-refractivity contribution < 1.29 is 41.5 Å². The van der Waals surface area contributed by atoms with Gasteiger partial charge < -0.3 is 15.4 Å². The molecule has 5 amide bonds. The van der Waals surface area contributed by atoms with Gasteiger partial charge >= 0.3 is 18.3 Å². The average molecular weight is 599 g/mol. The van der Waals surface area contributed by atoms with Crippen molar-refractivity contribution in [3.8, 4) is 0 Å². The molecule has 0 aromatic heterocycles. The monoisotopic (exact) mass is 598 g/mol. The zero-order valence-electron chi connectivity index (χ0n) is 22.9. The molecular formula is C30H26F4N4O5. The Morgan fingerprint density at radius 1 is 1.16 bits per heavy atom. The number of carbonyl (C=O) groups is 4. The van der Waals surface area contributed by atoms with Crippen LogP contribution in [0.25, 0.3) is 5.57 Å². The first-order valence-corrected chi connectivity index (χ1v) is 13.3. The topological polar surface area (TPSA) is 122 Å². The molecule has 2 aliphatic carbocycles. The summed E-state index contributed by atoms with van der Waals surface area (Å²) >= 11 is 0. The van der Waals surface area contributed by atoms with Crippen molar-refractivity contribution >= 4 is 35.2 Å². The zero-order valence-corrected chi connectivity index (χ0v) is 22.9. The van der Waals surface area contributed by atoms with Crippen LogP contribution >= 0.6 is 0 Å². The van der Waals surface area contributed by atoms with Crippen LogP contribution < -0.4 is 5.73 Å². The number of alkyl halides is 3. The first-order chi connectivity index (χ1) is 20.3. The van der Waals surface area contributed by atoms with Gasteiger partial charge in [-0.25, -0.2) is 18.9 Å². The summed E-state index contributed by atoms with van der Waals surface area (Å²) in [6.07, 6.45) is 0.0984. The number of aryl methyl sites for hydroxylation is 1. The van der Waals surface area contributed by atoms with Gasteiger partial charge in [-0.2, -0.15) is 18.2 Å². The molecule has 5 rings (SSSR count). The number of carbonyl (C=O) groups excluding carboxylic acids is 4. The molecule has 0 bridgehead atoms. The third kappa shape index (κ3) is 5.79. The molecule has 1 heterocycles. The quantitative estimate of drug-likeness (QED) is 0.480. The number of benzene rings is 2. The molecule has 1 spiro atoms. The number of amides is 5. The van der Waals surface area contributed by atoms with Gasteiger partial charge in [0.2, 0.25) is 11.5 Å². The van der Waals surface area contributed by atoms with Crippen LogP contribution in [-0.2, 0) is 32.9 Å². The number of hydrogen-bond acceptors (Lipinski definition) is 5. The van der Waals surface area contributed by atoms with Crippen LogP contribution in [0.1, 0.15) is 42.0 Å². The maximum Gasteiger partial charge on any atom is 0.418 e. The van der Waals surface area contributed by atoms with Gasteiger partial charge in [0.05, 0.1) is 5.71 Å². The molecule has 3 aliphatic rings. The highest BCUT2D eigenvalue weighted by molar-refractivity contribution is 6.09. The van der Waals surface area contributed by atoms with Gasteiger partial charge in [0.1, 0.15) is 18.4 Å². The molecule has 0 unspecified atom stereocenters. The van der Waals surface area contributed by atoms with E-state index >= 15 is 0 Å². The summed E-state index contributed by atoms with van der Waals surface area (Å²) in [6, 6.07) is 6.74. The van der Waals surface area contributed by atoms with Crippen LogP contribution in [0.15, 0.2) is 65.7 Å². The minimum Gasteiger partial charge on any atom is -0.427 e. The molecule has 43 heavy (non-hydrogen) atoms. The lowest BCUT2D eigenvalue weighted by Gasteiger charge is -2.31. The SMILES string of the molecule is C[C@H](N(Cc1ccc(F)cc1)C(=O)CN1C(=O)O[C@@]2(CCc3cc(C4=CC=C/C(=N\C(N)=O)C4)ccc32)C1=O)C(F)(F)F. The molecule has 0 saturated carbocycles. The van der Waals surface area contributed by atoms with Crippen LogP contribution in [0.4, 0.5) is 27.2 Å². The molecule has 2 aromatic carbocycles. The van der Waals surface area contributed by atoms with Gasteiger partial charge in [-0.3, -0.25) is 9.59 Å². The van der Waals surface area contributed by atoms with Crippen molar-refractivity contribution in [3.63, 3.8) is 0 Å². The fourth-order valence-corrected chi connectivity index (χ4v) is 5.49. The highest BCUT2D eigenvalue weighted by Crippen LogP contribution is 2.46. The fourth-order valence-electron chi connectivity index (χ4n) is 5.49. The summed E-state index contributed by atoms with van der Waals surface area (Å²) in [5.74, 6) is -2.57. The second kappa shape index (κ2) is 11.1. The maximum absolute atomic E-state index is 13.7. The summed E-state index contributed by atoms with van der Waals surface area (Å²) in [4.78, 5) is 55.7. The van der Waals surface area contributed by atoms with Crippen LogP contribution in [0, 0.1) is 5.82 Å². The third-order valence-electron chi connectivity index (χ3n) is 7.76. The summed E-state index contributed by atoms with van der Waals surface area (Å²) in [5.41, 5.74) is 6.94. The predicted molar refractivity (Wildman–Crippen MR) is 146 cm³/mol. The van der Waals surface area contributed by atoms with Crippen LogP contribution in [0.5, 0.6) is 0 Å². The highest BCUT2D eigenvalue weighted by Gasteiger charge is 2.58. The molecular weight excluding hydrogens is 572 g/mol. The lowest BCUT2D eigenvalue weighted by Crippen LogP contribution is -2.51. The number of aliphatic imine (C=N–C) groups is 1. The fraction of sp³-hybridized carbons (Fsp3) is 0.300. The minimum absolute atomic E-state index is 0.0899. The largest absolute Gasteiger partial charge is 0.427 e. The molecule has 1 aliphatic heterocycles. The number of nitrogens with zero attached hydrogens (tertiary/aromatic N) is 3. The molecule has 13 heteroatoms. The number of urea groups is 1. The molecule has 9 nitrogen and oxygen atoms in total. The second-order valence-corrected chi connectivity index (χ2v) is 10.5. The Labute approximate surface area is 243 Å². The Bertz CT molecular complexity index is 1600. The number of ether oxygens (including phenoxy) is 1. The molecule has 1 saturated heterocycles. The van der Waals surface area contributed by atoms with Crippen molar-refractivity contribution in [2.75, 3.05) is 6.54 Å². The van der Waals surface area contributed by atoms with Crippen molar-refractivity contribution in [1.29, 1.82) is 0 Å². The van der Waals surface area contributed by atoms with E-state index in [1.807, 2.05) is 12.1 Å². The van der Waals surface area contributed by atoms with Gasteiger partial charge in [0.25, 0.3) is 5.91 Å². The van der Waals surface area contributed by atoms with Gasteiger partial charge in [-0.05, 0) is 53.8 Å². The van der Waals surface area contributed by atoms with Gasteiger partial charge in [0.15, 0.2) is 0 Å². The van der Waals surface area contributed by atoms with E-state index in [1.54, 1.807) is 24.3 Å². The highest BCUT2D eigenvalue weighted by atomic mass is 19.4. The van der Waals surface area contributed by atoms with E-state index in [4.69, 9.17) is 10.5 Å². The van der Waals surface area contributed by atoms with E-state index in [9.17, 15) is 36.7 Å². The molecule has 1 fully saturated rings. The van der Waals surface area contributed by atoms with Crippen LogP contribution in [0.2, 0.25) is 0 Å². The lowest BCUT2D eigenvalue weighted by molar-refractivity contribution is -0.187. The van der Waals surface area contributed by atoms with E-state index in [0.29, 0.717) is 33.9 Å². The van der Waals surface area contributed by atoms with E-state index in [-0.39, 0.29) is 12.0 Å². The molecule has 224 valence electrons. The van der Waals surface area contributed by atoms with Crippen LogP contribution in [0.3, 0.4) is 0 Å². The molecule has 2 atom stereocenters. The van der Waals surface area contributed by atoms with Gasteiger partial charge in [0, 0.05) is 24.9 Å². The number of imide groups is 1. The van der Waals surface area contributed by atoms with Gasteiger partial charge in [-0.1, -0.05) is 42.5 Å². The van der Waals surface area contributed by atoms with Crippen molar-refractivity contribution in [1.82, 2.24) is 9.80 Å². The molecule has 2 aromatic rings. The number of allylic oxidation sites excluding steroid dienone is 4. The summed E-state index contributed by atoms with van der Waals surface area (Å²) in [6.45, 7) is -0.696. The first-order valence-electron chi connectivity index (χ1n) is 13.3. The smallest absolute Gasteiger partial charge is 0.418 e. The van der Waals surface area contributed by atoms with E-state index in [1.165, 1.54) is 12.1 Å². The second-order valence-electron chi connectivity index (χ2n) is 10.5. The van der Waals surface area contributed by atoms with Crippen molar-refractivity contribution in [2.45, 2.75) is 50.6 Å². The normalized spacial score (nSPS) is 21.2. The standard InChI is InChI=1S/C30H26F4N4O5/c1-17(30(32,33)34)37(15-18-5-8-22(31)9-6-18)25(39)16-38-26(40)29(43-28(38)42)12-11-21-13-20(7-10-24(21)29)19-3-2-4-23(14-19)36-27(35)41/h2-10,13,17H,11-12,14-16H2,1H3,(H2,35,41)/b36-23+/t17-,29+/m0/s1. The number of fused-ring (bicyclic) bond motifs is 2. The maximum atomic E-state index is 13.7. The van der Waals surface area contributed by atoms with Gasteiger partial charge in [-0.15, -0.1) is 0 Å². The number of nitrogens with two attached hydrogens (primary N) is 1. The Balaban J connectivity index is 1.37. The van der Waals surface area contributed by atoms with E-state index < -0.39 is 60.7 Å². The molecule has 0 radical (unpaired) electrons. The first kappa shape index (κ1) is 29.7. The Hall–Kier alpha value is -4.81. The van der Waals surface area contributed by atoms with Crippen molar-refractivity contribution in [3.05, 3.63) is 88.8 Å². The summed E-state index contributed by atoms with van der Waals surface area (Å²) in [5, 5.41) is 0. The van der Waals surface area contributed by atoms with E-state index in [2.05, 4.69) is 4.99 Å². The van der Waals surface area contributed by atoms with Crippen LogP contribution in [-0.4, -0.2) is 58.2 Å².